The normalized spacial score (nSPS) is 12.3. The Morgan fingerprint density at radius 3 is 1.24 bits per heavy atom. The summed E-state index contributed by atoms with van der Waals surface area (Å²) in [4.78, 5) is 0. The average Bonchev–Trinajstić information content (AvgIpc) is 2.83. The summed E-state index contributed by atoms with van der Waals surface area (Å²) < 4.78 is 0. The van der Waals surface area contributed by atoms with Crippen LogP contribution in [0.4, 0.5) is 0 Å². The van der Waals surface area contributed by atoms with E-state index in [0.717, 1.165) is 12.8 Å². The topological polar surface area (TPSA) is 0 Å². The second-order valence-electron chi connectivity index (χ2n) is 14.5. The Kier molecular flexibility index (Phi) is 17.6. The number of aryl methyl sites for hydroxylation is 1. The second kappa shape index (κ2) is 19.1. The summed E-state index contributed by atoms with van der Waals surface area (Å²) in [6, 6.07) is 4.96. The van der Waals surface area contributed by atoms with Crippen molar-refractivity contribution in [2.45, 2.75) is 195 Å². The van der Waals surface area contributed by atoms with E-state index in [1.807, 2.05) is 0 Å². The van der Waals surface area contributed by atoms with Gasteiger partial charge in [0.2, 0.25) is 0 Å². The highest BCUT2D eigenvalue weighted by Gasteiger charge is 2.24. The predicted molar refractivity (Wildman–Crippen MR) is 175 cm³/mol. The van der Waals surface area contributed by atoms with E-state index in [2.05, 4.69) is 74.1 Å². The van der Waals surface area contributed by atoms with E-state index in [0.29, 0.717) is 0 Å². The molecule has 0 amide bonds. The first-order valence-electron chi connectivity index (χ1n) is 16.8. The fraction of sp³-hybridized carbons (Fsp3) is 0.789. The second-order valence-corrected chi connectivity index (χ2v) is 14.5. The van der Waals surface area contributed by atoms with Gasteiger partial charge in [-0.15, -0.1) is 0 Å². The fourth-order valence-corrected chi connectivity index (χ4v) is 6.02. The minimum atomic E-state index is 0.185. The minimum absolute atomic E-state index is 0.185. The Hall–Kier alpha value is -1.04. The van der Waals surface area contributed by atoms with Crippen molar-refractivity contribution in [3.8, 4) is 0 Å². The third-order valence-corrected chi connectivity index (χ3v) is 8.48. The molecule has 0 N–H and O–H groups in total. The molecule has 0 nitrogen and oxygen atoms in total. The van der Waals surface area contributed by atoms with Crippen molar-refractivity contribution in [1.82, 2.24) is 0 Å². The van der Waals surface area contributed by atoms with Crippen molar-refractivity contribution in [3.63, 3.8) is 0 Å². The Balaban J connectivity index is 2.13. The lowest BCUT2D eigenvalue weighted by molar-refractivity contribution is 0.526. The van der Waals surface area contributed by atoms with E-state index in [1.54, 1.807) is 0 Å². The van der Waals surface area contributed by atoms with E-state index in [4.69, 9.17) is 0 Å². The van der Waals surface area contributed by atoms with Gasteiger partial charge in [-0.2, -0.15) is 0 Å². The van der Waals surface area contributed by atoms with Gasteiger partial charge in [0.15, 0.2) is 0 Å². The molecule has 38 heavy (non-hydrogen) atoms. The lowest BCUT2D eigenvalue weighted by atomic mass is 9.75. The summed E-state index contributed by atoms with van der Waals surface area (Å²) in [6.07, 6.45) is 27.9. The Labute approximate surface area is 240 Å². The Morgan fingerprint density at radius 1 is 0.553 bits per heavy atom. The van der Waals surface area contributed by atoms with Crippen molar-refractivity contribution in [1.29, 1.82) is 0 Å². The molecule has 0 heterocycles. The van der Waals surface area contributed by atoms with Crippen LogP contribution >= 0.6 is 0 Å². The zero-order chi connectivity index (χ0) is 28.4. The van der Waals surface area contributed by atoms with Gasteiger partial charge < -0.3 is 0 Å². The van der Waals surface area contributed by atoms with Gasteiger partial charge >= 0.3 is 0 Å². The van der Waals surface area contributed by atoms with Gasteiger partial charge in [0.05, 0.1) is 0 Å². The lowest BCUT2D eigenvalue weighted by Gasteiger charge is -2.30. The molecule has 0 saturated heterocycles. The number of hydrogen-bond acceptors (Lipinski definition) is 0. The van der Waals surface area contributed by atoms with Crippen LogP contribution in [0.25, 0.3) is 0 Å². The third kappa shape index (κ3) is 15.5. The number of unbranched alkanes of at least 4 members (excludes halogenated alkanes) is 16. The highest BCUT2D eigenvalue weighted by molar-refractivity contribution is 5.45. The van der Waals surface area contributed by atoms with Crippen LogP contribution in [0.15, 0.2) is 24.3 Å². The molecule has 0 radical (unpaired) electrons. The van der Waals surface area contributed by atoms with E-state index < -0.39 is 0 Å². The minimum Gasteiger partial charge on any atom is -0.0999 e. The fourth-order valence-electron chi connectivity index (χ4n) is 6.02. The van der Waals surface area contributed by atoms with Crippen molar-refractivity contribution in [2.75, 3.05) is 0 Å². The number of allylic oxidation sites excluding steroid dienone is 1. The zero-order valence-corrected chi connectivity index (χ0v) is 27.5. The standard InChI is InChI=1S/C38H68/c1-10-11-12-13-14-15-16-17-18-19-20-21-22-23-24-25-26-27-32(2)28-29-34-30-35(37(4,5)6)33(3)36(31-34)38(7,8)9/h30-31H,2,10-29H2,1,3-9H3. The van der Waals surface area contributed by atoms with Crippen LogP contribution in [0, 0.1) is 6.92 Å². The first kappa shape index (κ1) is 35.0. The summed E-state index contributed by atoms with van der Waals surface area (Å²) in [5.74, 6) is 0. The summed E-state index contributed by atoms with van der Waals surface area (Å²) in [6.45, 7) is 23.2. The van der Waals surface area contributed by atoms with Crippen LogP contribution in [0.1, 0.15) is 193 Å². The van der Waals surface area contributed by atoms with E-state index in [-0.39, 0.29) is 10.8 Å². The van der Waals surface area contributed by atoms with E-state index in [9.17, 15) is 0 Å². The number of benzene rings is 1. The smallest absolute Gasteiger partial charge is 0.0129 e. The molecule has 0 aliphatic rings. The van der Waals surface area contributed by atoms with E-state index >= 15 is 0 Å². The summed E-state index contributed by atoms with van der Waals surface area (Å²) in [7, 11) is 0. The highest BCUT2D eigenvalue weighted by Crippen LogP contribution is 2.35. The van der Waals surface area contributed by atoms with Crippen LogP contribution in [-0.4, -0.2) is 0 Å². The molecule has 1 aromatic carbocycles. The molecule has 0 spiro atoms. The summed E-state index contributed by atoms with van der Waals surface area (Å²) in [5, 5.41) is 0. The molecule has 0 bridgehead atoms. The molecule has 0 aliphatic carbocycles. The van der Waals surface area contributed by atoms with Gasteiger partial charge in [0, 0.05) is 0 Å². The van der Waals surface area contributed by atoms with Gasteiger partial charge in [-0.3, -0.25) is 0 Å². The molecule has 0 aliphatic heterocycles. The summed E-state index contributed by atoms with van der Waals surface area (Å²) in [5.41, 5.74) is 7.82. The molecule has 0 fully saturated rings. The molecule has 1 rings (SSSR count). The van der Waals surface area contributed by atoms with Crippen LogP contribution in [0.3, 0.4) is 0 Å². The first-order valence-corrected chi connectivity index (χ1v) is 16.8. The van der Waals surface area contributed by atoms with Gasteiger partial charge in [-0.1, -0.05) is 175 Å². The molecule has 0 aromatic heterocycles. The van der Waals surface area contributed by atoms with Crippen molar-refractivity contribution >= 4 is 0 Å². The first-order chi connectivity index (χ1) is 18.0. The molecule has 0 unspecified atom stereocenters. The maximum Gasteiger partial charge on any atom is -0.0129 e. The van der Waals surface area contributed by atoms with Crippen LogP contribution in [0.2, 0.25) is 0 Å². The Bertz CT molecular complexity index is 716. The Morgan fingerprint density at radius 2 is 0.895 bits per heavy atom. The quantitative estimate of drug-likeness (QED) is 0.111. The number of hydrogen-bond donors (Lipinski definition) is 0. The maximum absolute atomic E-state index is 4.44. The average molecular weight is 525 g/mol. The van der Waals surface area contributed by atoms with Crippen LogP contribution < -0.4 is 0 Å². The zero-order valence-electron chi connectivity index (χ0n) is 27.5. The van der Waals surface area contributed by atoms with Crippen molar-refractivity contribution in [3.05, 3.63) is 46.5 Å². The molecule has 0 heteroatoms. The van der Waals surface area contributed by atoms with Gasteiger partial charge in [0.1, 0.15) is 0 Å². The van der Waals surface area contributed by atoms with Gasteiger partial charge in [-0.25, -0.2) is 0 Å². The van der Waals surface area contributed by atoms with E-state index in [1.165, 1.54) is 143 Å². The molecular formula is C38H68. The highest BCUT2D eigenvalue weighted by atomic mass is 14.3. The van der Waals surface area contributed by atoms with Crippen molar-refractivity contribution < 1.29 is 0 Å². The van der Waals surface area contributed by atoms with Crippen LogP contribution in [-0.2, 0) is 17.3 Å². The maximum atomic E-state index is 4.44. The number of rotatable bonds is 21. The van der Waals surface area contributed by atoms with Gasteiger partial charge in [0.25, 0.3) is 0 Å². The predicted octanol–water partition coefficient (Wildman–Crippen LogP) is 13.1. The van der Waals surface area contributed by atoms with Gasteiger partial charge in [-0.05, 0) is 65.7 Å². The van der Waals surface area contributed by atoms with Crippen LogP contribution in [0.5, 0.6) is 0 Å². The monoisotopic (exact) mass is 525 g/mol. The molecule has 0 atom stereocenters. The largest absolute Gasteiger partial charge is 0.0999 e. The molecule has 0 saturated carbocycles. The summed E-state index contributed by atoms with van der Waals surface area (Å²) >= 11 is 0. The molecule has 1 aromatic rings. The van der Waals surface area contributed by atoms with Crippen molar-refractivity contribution in [2.24, 2.45) is 0 Å². The lowest BCUT2D eigenvalue weighted by Crippen LogP contribution is -2.20. The SMILES string of the molecule is C=C(CCCCCCCCCCCCCCCCCCC)CCc1cc(C(C)(C)C)c(C)c(C(C)(C)C)c1. The molecule has 220 valence electrons. The third-order valence-electron chi connectivity index (χ3n) is 8.48. The molecular weight excluding hydrogens is 456 g/mol.